The Labute approximate surface area is 315 Å². The molecule has 16 heteroatoms. The Kier molecular flexibility index (Phi) is 11.3. The van der Waals surface area contributed by atoms with Crippen molar-refractivity contribution in [1.29, 1.82) is 0 Å². The van der Waals surface area contributed by atoms with Gasteiger partial charge in [-0.05, 0) is 76.0 Å². The molecule has 0 fully saturated rings. The fourth-order valence-electron chi connectivity index (χ4n) is 5.83. The molecular formula is C39H35F3N6O6S. The molecule has 0 saturated heterocycles. The minimum Gasteiger partial charge on any atom is -0.497 e. The van der Waals surface area contributed by atoms with Crippen molar-refractivity contribution in [3.05, 3.63) is 131 Å². The molecule has 0 aliphatic heterocycles. The van der Waals surface area contributed by atoms with Gasteiger partial charge < -0.3 is 14.2 Å². The predicted molar refractivity (Wildman–Crippen MR) is 196 cm³/mol. The first kappa shape index (κ1) is 38.6. The van der Waals surface area contributed by atoms with Crippen LogP contribution < -0.4 is 14.2 Å². The highest BCUT2D eigenvalue weighted by Crippen LogP contribution is 2.45. The molecule has 2 aromatic heterocycles. The molecule has 0 radical (unpaired) electrons. The van der Waals surface area contributed by atoms with E-state index in [0.29, 0.717) is 34.4 Å². The number of halogens is 3. The first-order valence-electron chi connectivity index (χ1n) is 16.7. The molecule has 0 atom stereocenters. The molecule has 0 aliphatic carbocycles. The number of hydrogen-bond acceptors (Lipinski definition) is 10. The second-order valence-electron chi connectivity index (χ2n) is 12.3. The van der Waals surface area contributed by atoms with E-state index in [1.54, 1.807) is 72.8 Å². The zero-order valence-electron chi connectivity index (χ0n) is 30.1. The maximum atomic E-state index is 15.2. The molecule has 12 nitrogen and oxygen atoms in total. The van der Waals surface area contributed by atoms with Gasteiger partial charge in [0.2, 0.25) is 15.8 Å². The number of ether oxygens (including phenoxy) is 3. The third-order valence-electron chi connectivity index (χ3n) is 8.69. The van der Waals surface area contributed by atoms with Crippen LogP contribution in [-0.2, 0) is 35.8 Å². The van der Waals surface area contributed by atoms with Crippen molar-refractivity contribution in [2.24, 2.45) is 0 Å². The van der Waals surface area contributed by atoms with E-state index in [1.807, 2.05) is 0 Å². The summed E-state index contributed by atoms with van der Waals surface area (Å²) in [6.07, 6.45) is -3.86. The molecule has 2 heterocycles. The lowest BCUT2D eigenvalue weighted by atomic mass is 9.97. The first-order chi connectivity index (χ1) is 26.3. The van der Waals surface area contributed by atoms with E-state index in [2.05, 4.69) is 20.4 Å². The summed E-state index contributed by atoms with van der Waals surface area (Å²) in [5.41, 5.74) is 0.159. The average molecular weight is 773 g/mol. The maximum Gasteiger partial charge on any atom is 0.417 e. The van der Waals surface area contributed by atoms with Gasteiger partial charge in [-0.25, -0.2) is 8.42 Å². The standard InChI is InChI=1S/C39H35F3N6O6S/c1-25(49)35-20-11-29(21-43-35)33-18-19-34(39(40,41)42)37(36(33)38-44-46-48(45-38)24-28-9-16-32(54-4)17-10-28)55(50,51)47(22-26-5-12-30(52-2)13-6-26)23-27-7-14-31(53-3)15-8-27/h5-21H,22-24H2,1-4H3. The Balaban J connectivity index is 1.58. The highest BCUT2D eigenvalue weighted by Gasteiger charge is 2.43. The van der Waals surface area contributed by atoms with E-state index in [1.165, 1.54) is 46.6 Å². The number of pyridine rings is 1. The third-order valence-corrected chi connectivity index (χ3v) is 10.6. The minimum atomic E-state index is -5.14. The molecule has 284 valence electrons. The fourth-order valence-corrected chi connectivity index (χ4v) is 7.64. The topological polar surface area (TPSA) is 139 Å². The summed E-state index contributed by atoms with van der Waals surface area (Å²) in [7, 11) is -0.602. The number of alkyl halides is 3. The van der Waals surface area contributed by atoms with E-state index in [-0.39, 0.29) is 48.1 Å². The summed E-state index contributed by atoms with van der Waals surface area (Å²) >= 11 is 0. The number of hydrogen-bond donors (Lipinski definition) is 0. The van der Waals surface area contributed by atoms with Crippen LogP contribution in [0.25, 0.3) is 22.5 Å². The van der Waals surface area contributed by atoms with Gasteiger partial charge in [-0.15, -0.1) is 10.2 Å². The molecule has 6 rings (SSSR count). The molecule has 6 aromatic rings. The number of carbonyl (C=O) groups excluding carboxylic acids is 1. The summed E-state index contributed by atoms with van der Waals surface area (Å²) in [6, 6.07) is 24.7. The van der Waals surface area contributed by atoms with E-state index in [4.69, 9.17) is 14.2 Å². The van der Waals surface area contributed by atoms with Crippen LogP contribution in [0, 0.1) is 0 Å². The van der Waals surface area contributed by atoms with Crippen LogP contribution in [0.4, 0.5) is 13.2 Å². The van der Waals surface area contributed by atoms with Crippen molar-refractivity contribution < 1.29 is 40.6 Å². The number of Topliss-reactive ketones (excluding diaryl/α,β-unsaturated/α-hetero) is 1. The lowest BCUT2D eigenvalue weighted by molar-refractivity contribution is -0.139. The molecule has 0 bridgehead atoms. The normalized spacial score (nSPS) is 11.8. The highest BCUT2D eigenvalue weighted by molar-refractivity contribution is 7.89. The lowest BCUT2D eigenvalue weighted by Gasteiger charge is -2.27. The number of nitrogens with zero attached hydrogens (tertiary/aromatic N) is 6. The Morgan fingerprint density at radius 2 is 1.27 bits per heavy atom. The number of methoxy groups -OCH3 is 3. The van der Waals surface area contributed by atoms with Crippen molar-refractivity contribution in [2.45, 2.75) is 37.6 Å². The van der Waals surface area contributed by atoms with Gasteiger partial charge in [0.1, 0.15) is 27.8 Å². The second-order valence-corrected chi connectivity index (χ2v) is 14.2. The van der Waals surface area contributed by atoms with Crippen LogP contribution in [-0.4, -0.2) is 65.0 Å². The monoisotopic (exact) mass is 772 g/mol. The lowest BCUT2D eigenvalue weighted by Crippen LogP contribution is -2.32. The SMILES string of the molecule is COc1ccc(CN(Cc2ccc(OC)cc2)S(=O)(=O)c2c(C(F)(F)F)ccc(-c3ccc(C(C)=O)nc3)c2-c2nnn(Cc3ccc(OC)cc3)n2)cc1. The number of sulfonamides is 1. The molecular weight excluding hydrogens is 738 g/mol. The molecule has 0 aliphatic rings. The number of benzene rings is 4. The van der Waals surface area contributed by atoms with Crippen molar-refractivity contribution in [1.82, 2.24) is 29.5 Å². The van der Waals surface area contributed by atoms with Crippen LogP contribution in [0.2, 0.25) is 0 Å². The van der Waals surface area contributed by atoms with Crippen LogP contribution in [0.1, 0.15) is 39.7 Å². The van der Waals surface area contributed by atoms with Gasteiger partial charge in [-0.2, -0.15) is 22.3 Å². The van der Waals surface area contributed by atoms with E-state index < -0.39 is 32.2 Å². The molecule has 0 N–H and O–H groups in total. The van der Waals surface area contributed by atoms with Crippen LogP contribution in [0.15, 0.2) is 108 Å². The van der Waals surface area contributed by atoms with E-state index in [0.717, 1.165) is 20.7 Å². The van der Waals surface area contributed by atoms with Crippen LogP contribution in [0.3, 0.4) is 0 Å². The van der Waals surface area contributed by atoms with Crippen molar-refractivity contribution in [3.8, 4) is 39.8 Å². The number of tetrazole rings is 1. The molecule has 4 aromatic carbocycles. The number of carbonyl (C=O) groups is 1. The minimum absolute atomic E-state index is 0.0204. The van der Waals surface area contributed by atoms with Gasteiger partial charge in [0, 0.05) is 31.8 Å². The summed E-state index contributed by atoms with van der Waals surface area (Å²) in [5, 5.41) is 12.6. The molecule has 0 spiro atoms. The summed E-state index contributed by atoms with van der Waals surface area (Å²) in [6.45, 7) is 0.752. The van der Waals surface area contributed by atoms with Gasteiger partial charge in [0.25, 0.3) is 0 Å². The number of aromatic nitrogens is 5. The summed E-state index contributed by atoms with van der Waals surface area (Å²) in [5.74, 6) is 0.917. The van der Waals surface area contributed by atoms with Crippen molar-refractivity contribution >= 4 is 15.8 Å². The predicted octanol–water partition coefficient (Wildman–Crippen LogP) is 7.09. The smallest absolute Gasteiger partial charge is 0.417 e. The fraction of sp³-hybridized carbons (Fsp3) is 0.205. The Bertz CT molecular complexity index is 2340. The zero-order valence-corrected chi connectivity index (χ0v) is 30.9. The quantitative estimate of drug-likeness (QED) is 0.106. The Morgan fingerprint density at radius 1 is 0.745 bits per heavy atom. The number of ketones is 1. The average Bonchev–Trinajstić information content (AvgIpc) is 3.65. The molecule has 0 amide bonds. The molecule has 0 unspecified atom stereocenters. The van der Waals surface area contributed by atoms with Crippen molar-refractivity contribution in [3.63, 3.8) is 0 Å². The summed E-state index contributed by atoms with van der Waals surface area (Å²) in [4.78, 5) is 16.3. The first-order valence-corrected chi connectivity index (χ1v) is 18.1. The van der Waals surface area contributed by atoms with E-state index >= 15 is 21.6 Å². The number of rotatable bonds is 14. The third kappa shape index (κ3) is 8.66. The summed E-state index contributed by atoms with van der Waals surface area (Å²) < 4.78 is 92.5. The highest BCUT2D eigenvalue weighted by atomic mass is 32.2. The maximum absolute atomic E-state index is 15.2. The van der Waals surface area contributed by atoms with Gasteiger partial charge in [-0.3, -0.25) is 9.78 Å². The van der Waals surface area contributed by atoms with Gasteiger partial charge in [0.15, 0.2) is 5.78 Å². The van der Waals surface area contributed by atoms with Gasteiger partial charge in [0.05, 0.1) is 39.0 Å². The largest absolute Gasteiger partial charge is 0.497 e. The zero-order chi connectivity index (χ0) is 39.3. The molecule has 55 heavy (non-hydrogen) atoms. The van der Waals surface area contributed by atoms with Crippen LogP contribution in [0.5, 0.6) is 17.2 Å². The Hall–Kier alpha value is -6.13. The van der Waals surface area contributed by atoms with Gasteiger partial charge in [-0.1, -0.05) is 48.5 Å². The van der Waals surface area contributed by atoms with Gasteiger partial charge >= 0.3 is 6.18 Å². The second kappa shape index (κ2) is 16.1. The van der Waals surface area contributed by atoms with E-state index in [9.17, 15) is 4.79 Å². The van der Waals surface area contributed by atoms with Crippen molar-refractivity contribution in [2.75, 3.05) is 21.3 Å². The van der Waals surface area contributed by atoms with Crippen LogP contribution >= 0.6 is 0 Å². The Morgan fingerprint density at radius 3 is 1.73 bits per heavy atom. The molecule has 0 saturated carbocycles.